The van der Waals surface area contributed by atoms with Gasteiger partial charge in [0.1, 0.15) is 11.9 Å². The first-order valence-corrected chi connectivity index (χ1v) is 11.9. The molecule has 0 bridgehead atoms. The summed E-state index contributed by atoms with van der Waals surface area (Å²) in [6.45, 7) is 0.443. The monoisotopic (exact) mass is 509 g/mol. The van der Waals surface area contributed by atoms with Crippen LogP contribution in [-0.4, -0.2) is 27.9 Å². The van der Waals surface area contributed by atoms with Crippen LogP contribution in [0.1, 0.15) is 34.0 Å². The number of carboxylic acids is 1. The van der Waals surface area contributed by atoms with Gasteiger partial charge in [0.2, 0.25) is 0 Å². The molecule has 1 unspecified atom stereocenters. The molecule has 0 radical (unpaired) electrons. The van der Waals surface area contributed by atoms with Crippen molar-refractivity contribution in [1.82, 2.24) is 4.98 Å². The number of aliphatic carboxylic acids is 1. The molecule has 9 heteroatoms. The number of hydrogen-bond donors (Lipinski definition) is 4. The van der Waals surface area contributed by atoms with Crippen molar-refractivity contribution in [3.8, 4) is 5.75 Å². The summed E-state index contributed by atoms with van der Waals surface area (Å²) in [4.78, 5) is 32.5. The van der Waals surface area contributed by atoms with E-state index in [1.165, 1.54) is 0 Å². The van der Waals surface area contributed by atoms with Crippen molar-refractivity contribution in [2.45, 2.75) is 19.1 Å². The zero-order chi connectivity index (χ0) is 26.7. The van der Waals surface area contributed by atoms with Gasteiger partial charge in [0.05, 0.1) is 13.0 Å². The van der Waals surface area contributed by atoms with Crippen LogP contribution >= 0.6 is 0 Å². The molecule has 0 fully saturated rings. The molecule has 192 valence electrons. The molecular formula is C29H27N5O4. The molecule has 5 N–H and O–H groups in total. The number of amides is 1. The topological polar surface area (TPSA) is 139 Å². The Morgan fingerprint density at radius 2 is 1.71 bits per heavy atom. The molecule has 38 heavy (non-hydrogen) atoms. The predicted molar refractivity (Wildman–Crippen MR) is 146 cm³/mol. The number of hydrogen-bond acceptors (Lipinski definition) is 5. The second-order valence-electron chi connectivity index (χ2n) is 8.36. The van der Waals surface area contributed by atoms with Crippen LogP contribution in [0.4, 0.5) is 11.4 Å². The standard InChI is InChI=1S/C29H27N5O4/c30-29(32-18-20-6-2-1-3-7-20)34-24-10-4-8-21(16-24)28(37)33-23-11-13-25(14-12-23)38-26(17-27(35)36)22-9-5-15-31-19-22/h1-16,19,26H,17-18H2,(H,33,37)(H,35,36)(H3,30,32,34). The van der Waals surface area contributed by atoms with E-state index in [0.717, 1.165) is 5.56 Å². The van der Waals surface area contributed by atoms with Gasteiger partial charge in [-0.25, -0.2) is 4.99 Å². The lowest BCUT2D eigenvalue weighted by molar-refractivity contribution is -0.138. The van der Waals surface area contributed by atoms with Crippen LogP contribution in [0.5, 0.6) is 5.75 Å². The van der Waals surface area contributed by atoms with E-state index in [2.05, 4.69) is 20.6 Å². The molecule has 9 nitrogen and oxygen atoms in total. The predicted octanol–water partition coefficient (Wildman–Crippen LogP) is 4.86. The summed E-state index contributed by atoms with van der Waals surface area (Å²) in [5.74, 6) is -0.575. The molecule has 0 saturated heterocycles. The summed E-state index contributed by atoms with van der Waals surface area (Å²) in [6.07, 6.45) is 2.28. The van der Waals surface area contributed by atoms with Crippen molar-refractivity contribution >= 4 is 29.2 Å². The Bertz CT molecular complexity index is 1390. The zero-order valence-electron chi connectivity index (χ0n) is 20.5. The minimum absolute atomic E-state index is 0.212. The number of nitrogens with one attached hydrogen (secondary N) is 2. The number of aromatic nitrogens is 1. The van der Waals surface area contributed by atoms with Gasteiger partial charge in [-0.15, -0.1) is 0 Å². The first-order valence-electron chi connectivity index (χ1n) is 11.9. The van der Waals surface area contributed by atoms with Crippen LogP contribution in [0.15, 0.2) is 108 Å². The maximum atomic E-state index is 12.8. The number of carbonyl (C=O) groups is 2. The van der Waals surface area contributed by atoms with Crippen LogP contribution < -0.4 is 21.1 Å². The van der Waals surface area contributed by atoms with Crippen LogP contribution in [0.2, 0.25) is 0 Å². The number of carboxylic acid groups (broad SMARTS) is 1. The number of nitrogens with two attached hydrogens (primary N) is 1. The van der Waals surface area contributed by atoms with Crippen molar-refractivity contribution in [2.24, 2.45) is 10.7 Å². The van der Waals surface area contributed by atoms with Crippen LogP contribution in [0, 0.1) is 0 Å². The summed E-state index contributed by atoms with van der Waals surface area (Å²) in [6, 6.07) is 26.9. The number of nitrogens with zero attached hydrogens (tertiary/aromatic N) is 2. The van der Waals surface area contributed by atoms with E-state index in [-0.39, 0.29) is 18.3 Å². The number of benzene rings is 3. The third-order valence-corrected chi connectivity index (χ3v) is 5.48. The Balaban J connectivity index is 1.36. The molecule has 0 spiro atoms. The third kappa shape index (κ3) is 7.66. The number of rotatable bonds is 10. The van der Waals surface area contributed by atoms with Crippen molar-refractivity contribution < 1.29 is 19.4 Å². The second-order valence-corrected chi connectivity index (χ2v) is 8.36. The Morgan fingerprint density at radius 3 is 2.42 bits per heavy atom. The van der Waals surface area contributed by atoms with Crippen LogP contribution in [0.3, 0.4) is 0 Å². The molecule has 1 atom stereocenters. The smallest absolute Gasteiger partial charge is 0.307 e. The lowest BCUT2D eigenvalue weighted by atomic mass is 10.1. The Labute approximate surface area is 220 Å². The number of pyridine rings is 1. The van der Waals surface area contributed by atoms with Crippen molar-refractivity contribution in [3.63, 3.8) is 0 Å². The lowest BCUT2D eigenvalue weighted by Gasteiger charge is -2.18. The van der Waals surface area contributed by atoms with Gasteiger partial charge in [0.15, 0.2) is 5.96 Å². The van der Waals surface area contributed by atoms with Gasteiger partial charge in [0.25, 0.3) is 5.91 Å². The minimum Gasteiger partial charge on any atom is -0.485 e. The Kier molecular flexibility index (Phi) is 8.64. The average molecular weight is 510 g/mol. The lowest BCUT2D eigenvalue weighted by Crippen LogP contribution is -2.23. The zero-order valence-corrected chi connectivity index (χ0v) is 20.5. The highest BCUT2D eigenvalue weighted by molar-refractivity contribution is 6.05. The van der Waals surface area contributed by atoms with Gasteiger partial charge in [-0.3, -0.25) is 14.6 Å². The van der Waals surface area contributed by atoms with Crippen molar-refractivity contribution in [3.05, 3.63) is 120 Å². The maximum absolute atomic E-state index is 12.8. The normalized spacial score (nSPS) is 11.8. The molecule has 0 aliphatic heterocycles. The highest BCUT2D eigenvalue weighted by Crippen LogP contribution is 2.26. The minimum atomic E-state index is -0.983. The molecule has 1 aromatic heterocycles. The van der Waals surface area contributed by atoms with Gasteiger partial charge in [-0.1, -0.05) is 42.5 Å². The molecule has 4 rings (SSSR count). The van der Waals surface area contributed by atoms with Crippen LogP contribution in [0.25, 0.3) is 0 Å². The summed E-state index contributed by atoms with van der Waals surface area (Å²) in [7, 11) is 0. The number of anilines is 2. The number of aliphatic imine (C=N–C) groups is 1. The fourth-order valence-electron chi connectivity index (χ4n) is 3.62. The van der Waals surface area contributed by atoms with E-state index in [1.54, 1.807) is 73.1 Å². The fraction of sp³-hybridized carbons (Fsp3) is 0.103. The molecule has 4 aromatic rings. The SMILES string of the molecule is NC(=NCc1ccccc1)Nc1cccc(C(=O)Nc2ccc(OC(CC(=O)O)c3cccnc3)cc2)c1. The van der Waals surface area contributed by atoms with E-state index in [0.29, 0.717) is 34.8 Å². The Hall–Kier alpha value is -5.18. The molecule has 3 aromatic carbocycles. The summed E-state index contributed by atoms with van der Waals surface area (Å²) >= 11 is 0. The molecule has 0 aliphatic carbocycles. The highest BCUT2D eigenvalue weighted by atomic mass is 16.5. The molecule has 1 amide bonds. The van der Waals surface area contributed by atoms with E-state index < -0.39 is 12.1 Å². The molecule has 0 aliphatic rings. The number of guanidine groups is 1. The van der Waals surface area contributed by atoms with Gasteiger partial charge in [-0.2, -0.15) is 0 Å². The van der Waals surface area contributed by atoms with Gasteiger partial charge in [-0.05, 0) is 54.1 Å². The summed E-state index contributed by atoms with van der Waals surface area (Å²) in [5, 5.41) is 15.1. The molecule has 0 saturated carbocycles. The van der Waals surface area contributed by atoms with Crippen LogP contribution in [-0.2, 0) is 11.3 Å². The fourth-order valence-corrected chi connectivity index (χ4v) is 3.62. The molecule has 1 heterocycles. The highest BCUT2D eigenvalue weighted by Gasteiger charge is 2.18. The van der Waals surface area contributed by atoms with E-state index in [4.69, 9.17) is 10.5 Å². The first-order chi connectivity index (χ1) is 18.5. The van der Waals surface area contributed by atoms with Crippen molar-refractivity contribution in [1.29, 1.82) is 0 Å². The Morgan fingerprint density at radius 1 is 0.921 bits per heavy atom. The number of ether oxygens (including phenoxy) is 1. The first kappa shape index (κ1) is 25.9. The summed E-state index contributed by atoms with van der Waals surface area (Å²) in [5.41, 5.74) is 9.33. The quantitative estimate of drug-likeness (QED) is 0.177. The second kappa shape index (κ2) is 12.7. The largest absolute Gasteiger partial charge is 0.485 e. The molecular weight excluding hydrogens is 482 g/mol. The van der Waals surface area contributed by atoms with Gasteiger partial charge in [0, 0.05) is 34.9 Å². The van der Waals surface area contributed by atoms with E-state index >= 15 is 0 Å². The van der Waals surface area contributed by atoms with Crippen molar-refractivity contribution in [2.75, 3.05) is 10.6 Å². The average Bonchev–Trinajstić information content (AvgIpc) is 2.93. The van der Waals surface area contributed by atoms with Gasteiger partial charge < -0.3 is 26.2 Å². The summed E-state index contributed by atoms with van der Waals surface area (Å²) < 4.78 is 5.89. The van der Waals surface area contributed by atoms with E-state index in [9.17, 15) is 14.7 Å². The van der Waals surface area contributed by atoms with Gasteiger partial charge >= 0.3 is 5.97 Å². The number of carbonyl (C=O) groups excluding carboxylic acids is 1. The third-order valence-electron chi connectivity index (χ3n) is 5.48. The van der Waals surface area contributed by atoms with E-state index in [1.807, 2.05) is 30.3 Å². The maximum Gasteiger partial charge on any atom is 0.307 e.